The summed E-state index contributed by atoms with van der Waals surface area (Å²) in [4.78, 5) is 9.11. The fourth-order valence-corrected chi connectivity index (χ4v) is 2.95. The molecule has 1 N–H and O–H groups in total. The van der Waals surface area contributed by atoms with Gasteiger partial charge >= 0.3 is 0 Å². The van der Waals surface area contributed by atoms with Crippen molar-refractivity contribution in [1.82, 2.24) is 14.8 Å². The van der Waals surface area contributed by atoms with Gasteiger partial charge in [0, 0.05) is 44.5 Å². The number of aromatic nitrogens is 1. The summed E-state index contributed by atoms with van der Waals surface area (Å²) in [5, 5.41) is 3.16. The lowest BCUT2D eigenvalue weighted by molar-refractivity contribution is 0.0572. The molecule has 0 radical (unpaired) electrons. The van der Waals surface area contributed by atoms with Crippen LogP contribution in [0.15, 0.2) is 18.3 Å². The SMILES string of the molecule is CC(C)CCN1CCN(C(C)(C)CNc2ncccc2F)CC1. The van der Waals surface area contributed by atoms with Crippen molar-refractivity contribution < 1.29 is 4.39 Å². The zero-order valence-corrected chi connectivity index (χ0v) is 15.0. The van der Waals surface area contributed by atoms with Crippen molar-refractivity contribution in [2.45, 2.75) is 39.7 Å². The minimum Gasteiger partial charge on any atom is -0.366 e. The minimum absolute atomic E-state index is 0.0197. The highest BCUT2D eigenvalue weighted by Gasteiger charge is 2.30. The zero-order valence-electron chi connectivity index (χ0n) is 15.0. The Morgan fingerprint density at radius 3 is 2.57 bits per heavy atom. The summed E-state index contributed by atoms with van der Waals surface area (Å²) >= 11 is 0. The first-order valence-corrected chi connectivity index (χ1v) is 8.70. The van der Waals surface area contributed by atoms with Crippen molar-refractivity contribution in [3.63, 3.8) is 0 Å². The largest absolute Gasteiger partial charge is 0.366 e. The summed E-state index contributed by atoms with van der Waals surface area (Å²) in [6.07, 6.45) is 2.88. The minimum atomic E-state index is -0.290. The Morgan fingerprint density at radius 2 is 1.96 bits per heavy atom. The number of hydrogen-bond donors (Lipinski definition) is 1. The van der Waals surface area contributed by atoms with Gasteiger partial charge in [0.15, 0.2) is 11.6 Å². The molecular weight excluding hydrogens is 291 g/mol. The third-order valence-corrected chi connectivity index (χ3v) is 4.70. The molecule has 1 aromatic rings. The van der Waals surface area contributed by atoms with Gasteiger partial charge in [-0.3, -0.25) is 4.90 Å². The van der Waals surface area contributed by atoms with E-state index in [-0.39, 0.29) is 11.4 Å². The van der Waals surface area contributed by atoms with E-state index in [0.717, 1.165) is 32.1 Å². The van der Waals surface area contributed by atoms with Crippen molar-refractivity contribution in [3.8, 4) is 0 Å². The first kappa shape index (κ1) is 18.1. The lowest BCUT2D eigenvalue weighted by Crippen LogP contribution is -2.57. The molecule has 5 heteroatoms. The Morgan fingerprint density at radius 1 is 1.26 bits per heavy atom. The van der Waals surface area contributed by atoms with Crippen LogP contribution in [0.2, 0.25) is 0 Å². The highest BCUT2D eigenvalue weighted by Crippen LogP contribution is 2.19. The predicted octanol–water partition coefficient (Wildman–Crippen LogP) is 3.07. The van der Waals surface area contributed by atoms with Gasteiger partial charge < -0.3 is 10.2 Å². The van der Waals surface area contributed by atoms with Gasteiger partial charge in [-0.1, -0.05) is 13.8 Å². The van der Waals surface area contributed by atoms with Crippen LogP contribution in [0.1, 0.15) is 34.1 Å². The molecule has 0 aliphatic carbocycles. The Hall–Kier alpha value is -1.20. The Bertz CT molecular complexity index is 482. The van der Waals surface area contributed by atoms with E-state index in [0.29, 0.717) is 12.4 Å². The van der Waals surface area contributed by atoms with Crippen LogP contribution in [-0.4, -0.2) is 59.6 Å². The van der Waals surface area contributed by atoms with E-state index in [4.69, 9.17) is 0 Å². The molecule has 1 aliphatic rings. The molecule has 130 valence electrons. The van der Waals surface area contributed by atoms with Gasteiger partial charge in [0.1, 0.15) is 0 Å². The average Bonchev–Trinajstić information content (AvgIpc) is 2.52. The van der Waals surface area contributed by atoms with Gasteiger partial charge in [-0.05, 0) is 44.9 Å². The second kappa shape index (κ2) is 8.06. The highest BCUT2D eigenvalue weighted by molar-refractivity contribution is 5.35. The fourth-order valence-electron chi connectivity index (χ4n) is 2.95. The van der Waals surface area contributed by atoms with Crippen LogP contribution in [0.3, 0.4) is 0 Å². The molecule has 2 rings (SSSR count). The van der Waals surface area contributed by atoms with Crippen molar-refractivity contribution in [2.75, 3.05) is 44.6 Å². The normalized spacial score (nSPS) is 17.7. The molecule has 1 saturated heterocycles. The summed E-state index contributed by atoms with van der Waals surface area (Å²) in [6.45, 7) is 15.2. The first-order chi connectivity index (χ1) is 10.9. The lowest BCUT2D eigenvalue weighted by atomic mass is 10.0. The van der Waals surface area contributed by atoms with Crippen LogP contribution in [0.25, 0.3) is 0 Å². The maximum atomic E-state index is 13.7. The van der Waals surface area contributed by atoms with E-state index in [2.05, 4.69) is 47.8 Å². The van der Waals surface area contributed by atoms with Crippen molar-refractivity contribution in [1.29, 1.82) is 0 Å². The Labute approximate surface area is 140 Å². The van der Waals surface area contributed by atoms with E-state index in [1.165, 1.54) is 19.0 Å². The topological polar surface area (TPSA) is 31.4 Å². The number of anilines is 1. The van der Waals surface area contributed by atoms with E-state index >= 15 is 0 Å². The van der Waals surface area contributed by atoms with Crippen molar-refractivity contribution in [3.05, 3.63) is 24.1 Å². The number of piperazine rings is 1. The zero-order chi connectivity index (χ0) is 16.9. The highest BCUT2D eigenvalue weighted by atomic mass is 19.1. The van der Waals surface area contributed by atoms with Crippen LogP contribution in [0, 0.1) is 11.7 Å². The molecular formula is C18H31FN4. The van der Waals surface area contributed by atoms with Gasteiger partial charge in [0.2, 0.25) is 0 Å². The first-order valence-electron chi connectivity index (χ1n) is 8.70. The smallest absolute Gasteiger partial charge is 0.165 e. The van der Waals surface area contributed by atoms with Crippen LogP contribution in [0.4, 0.5) is 10.2 Å². The van der Waals surface area contributed by atoms with Gasteiger partial charge in [0.05, 0.1) is 0 Å². The maximum absolute atomic E-state index is 13.7. The summed E-state index contributed by atoms with van der Waals surface area (Å²) in [7, 11) is 0. The quantitative estimate of drug-likeness (QED) is 0.836. The molecule has 0 spiro atoms. The van der Waals surface area contributed by atoms with Gasteiger partial charge in [-0.2, -0.15) is 0 Å². The fraction of sp³-hybridized carbons (Fsp3) is 0.722. The monoisotopic (exact) mass is 322 g/mol. The number of nitrogens with zero attached hydrogens (tertiary/aromatic N) is 3. The third-order valence-electron chi connectivity index (χ3n) is 4.70. The third kappa shape index (κ3) is 5.43. The number of pyridine rings is 1. The summed E-state index contributed by atoms with van der Waals surface area (Å²) < 4.78 is 13.7. The van der Waals surface area contributed by atoms with Crippen molar-refractivity contribution in [2.24, 2.45) is 5.92 Å². The molecule has 0 aromatic carbocycles. The van der Waals surface area contributed by atoms with E-state index in [9.17, 15) is 4.39 Å². The number of nitrogens with one attached hydrogen (secondary N) is 1. The molecule has 0 amide bonds. The average molecular weight is 322 g/mol. The van der Waals surface area contributed by atoms with Gasteiger partial charge in [-0.25, -0.2) is 9.37 Å². The lowest BCUT2D eigenvalue weighted by Gasteiger charge is -2.44. The molecule has 4 nitrogen and oxygen atoms in total. The van der Waals surface area contributed by atoms with Gasteiger partial charge in [-0.15, -0.1) is 0 Å². The standard InChI is InChI=1S/C18H31FN4/c1-15(2)7-9-22-10-12-23(13-11-22)18(3,4)14-21-17-16(19)6-5-8-20-17/h5-6,8,15H,7,9-14H2,1-4H3,(H,20,21). The molecule has 2 heterocycles. The van der Waals surface area contributed by atoms with Crippen LogP contribution in [-0.2, 0) is 0 Å². The molecule has 1 aromatic heterocycles. The van der Waals surface area contributed by atoms with Crippen molar-refractivity contribution >= 4 is 5.82 Å². The Kier molecular flexibility index (Phi) is 6.36. The van der Waals surface area contributed by atoms with E-state index < -0.39 is 0 Å². The molecule has 23 heavy (non-hydrogen) atoms. The predicted molar refractivity (Wildman–Crippen MR) is 94.2 cm³/mol. The van der Waals surface area contributed by atoms with E-state index in [1.807, 2.05) is 0 Å². The molecule has 0 atom stereocenters. The number of rotatable bonds is 7. The van der Waals surface area contributed by atoms with Crippen LogP contribution >= 0.6 is 0 Å². The van der Waals surface area contributed by atoms with Crippen LogP contribution in [0.5, 0.6) is 0 Å². The second-order valence-corrected chi connectivity index (χ2v) is 7.51. The number of halogens is 1. The number of hydrogen-bond acceptors (Lipinski definition) is 4. The summed E-state index contributed by atoms with van der Waals surface area (Å²) in [5.41, 5.74) is -0.0197. The molecule has 0 unspecified atom stereocenters. The summed E-state index contributed by atoms with van der Waals surface area (Å²) in [6, 6.07) is 3.05. The maximum Gasteiger partial charge on any atom is 0.165 e. The molecule has 0 bridgehead atoms. The Balaban J connectivity index is 1.80. The molecule has 1 fully saturated rings. The van der Waals surface area contributed by atoms with E-state index in [1.54, 1.807) is 12.3 Å². The molecule has 1 aliphatic heterocycles. The second-order valence-electron chi connectivity index (χ2n) is 7.51. The summed E-state index contributed by atoms with van der Waals surface area (Å²) in [5.74, 6) is 0.819. The van der Waals surface area contributed by atoms with Gasteiger partial charge in [0.25, 0.3) is 0 Å². The molecule has 0 saturated carbocycles. The van der Waals surface area contributed by atoms with Crippen LogP contribution < -0.4 is 5.32 Å².